The van der Waals surface area contributed by atoms with E-state index in [1.165, 1.54) is 24.4 Å². The summed E-state index contributed by atoms with van der Waals surface area (Å²) < 4.78 is 20.9. The van der Waals surface area contributed by atoms with E-state index in [-0.39, 0.29) is 29.1 Å². The predicted octanol–water partition coefficient (Wildman–Crippen LogP) is 5.76. The highest BCUT2D eigenvalue weighted by atomic mass is 35.5. The Morgan fingerprint density at radius 2 is 1.92 bits per heavy atom. The first-order chi connectivity index (χ1) is 17.4. The summed E-state index contributed by atoms with van der Waals surface area (Å²) in [4.78, 5) is 26.0. The van der Waals surface area contributed by atoms with Crippen molar-refractivity contribution >= 4 is 28.9 Å². The van der Waals surface area contributed by atoms with Crippen LogP contribution in [0.25, 0.3) is 5.69 Å². The van der Waals surface area contributed by atoms with Crippen LogP contribution in [0.2, 0.25) is 5.02 Å². The monoisotopic (exact) mass is 504 g/mol. The Morgan fingerprint density at radius 1 is 1.11 bits per heavy atom. The first-order valence-electron chi connectivity index (χ1n) is 11.4. The minimum Gasteiger partial charge on any atom is -0.453 e. The maximum absolute atomic E-state index is 13.9. The second-order valence-corrected chi connectivity index (χ2v) is 8.95. The molecule has 9 heteroatoms. The van der Waals surface area contributed by atoms with Crippen molar-refractivity contribution in [3.8, 4) is 17.2 Å². The molecule has 7 nitrogen and oxygen atoms in total. The molecule has 0 bridgehead atoms. The molecule has 182 valence electrons. The van der Waals surface area contributed by atoms with Crippen LogP contribution < -0.4 is 20.9 Å². The van der Waals surface area contributed by atoms with E-state index in [4.69, 9.17) is 16.3 Å². The Kier molecular flexibility index (Phi) is 6.43. The summed E-state index contributed by atoms with van der Waals surface area (Å²) in [6.45, 7) is 1.84. The van der Waals surface area contributed by atoms with Crippen LogP contribution in [-0.2, 0) is 0 Å². The van der Waals surface area contributed by atoms with Gasteiger partial charge in [0.05, 0.1) is 11.9 Å². The number of aromatic nitrogens is 2. The van der Waals surface area contributed by atoms with Gasteiger partial charge in [-0.25, -0.2) is 4.39 Å². The first kappa shape index (κ1) is 23.6. The lowest BCUT2D eigenvalue weighted by atomic mass is 10.2. The Balaban J connectivity index is 1.54. The van der Waals surface area contributed by atoms with Gasteiger partial charge in [-0.1, -0.05) is 23.7 Å². The van der Waals surface area contributed by atoms with Crippen LogP contribution in [0.4, 0.5) is 15.8 Å². The molecule has 0 atom stereocenters. The van der Waals surface area contributed by atoms with Crippen LogP contribution >= 0.6 is 11.6 Å². The fourth-order valence-corrected chi connectivity index (χ4v) is 3.73. The Hall–Kier alpha value is -4.17. The topological polar surface area (TPSA) is 85.2 Å². The quantitative estimate of drug-likeness (QED) is 0.334. The van der Waals surface area contributed by atoms with Gasteiger partial charge in [-0.3, -0.25) is 9.59 Å². The minimum atomic E-state index is -0.559. The molecule has 36 heavy (non-hydrogen) atoms. The molecule has 2 N–H and O–H groups in total. The molecule has 1 aliphatic rings. The molecule has 1 saturated carbocycles. The van der Waals surface area contributed by atoms with E-state index in [1.54, 1.807) is 48.5 Å². The highest BCUT2D eigenvalue weighted by Gasteiger charge is 2.24. The highest BCUT2D eigenvalue weighted by Crippen LogP contribution is 2.31. The second-order valence-electron chi connectivity index (χ2n) is 8.55. The maximum Gasteiger partial charge on any atom is 0.299 e. The predicted molar refractivity (Wildman–Crippen MR) is 136 cm³/mol. The number of carbonyl (C=O) groups excluding carboxylic acids is 1. The van der Waals surface area contributed by atoms with Gasteiger partial charge < -0.3 is 15.4 Å². The molecule has 0 spiro atoms. The van der Waals surface area contributed by atoms with Crippen molar-refractivity contribution in [2.75, 3.05) is 5.32 Å². The lowest BCUT2D eigenvalue weighted by molar-refractivity contribution is 0.0951. The van der Waals surface area contributed by atoms with Crippen molar-refractivity contribution in [3.63, 3.8) is 0 Å². The van der Waals surface area contributed by atoms with Gasteiger partial charge in [0.15, 0.2) is 11.4 Å². The van der Waals surface area contributed by atoms with Crippen molar-refractivity contribution in [3.05, 3.63) is 105 Å². The molecule has 1 amide bonds. The van der Waals surface area contributed by atoms with Gasteiger partial charge in [-0.2, -0.15) is 9.78 Å². The number of halogens is 2. The third-order valence-electron chi connectivity index (χ3n) is 5.66. The molecule has 4 aromatic rings. The smallest absolute Gasteiger partial charge is 0.299 e. The normalized spacial score (nSPS) is 12.8. The molecule has 3 aromatic carbocycles. The molecule has 1 heterocycles. The van der Waals surface area contributed by atoms with Crippen LogP contribution in [0.1, 0.15) is 28.8 Å². The number of aryl methyl sites for hydroxylation is 1. The number of rotatable bonds is 7. The summed E-state index contributed by atoms with van der Waals surface area (Å²) in [5, 5.41) is 10.8. The average molecular weight is 505 g/mol. The van der Waals surface area contributed by atoms with Crippen LogP contribution in [-0.4, -0.2) is 21.7 Å². The molecule has 1 fully saturated rings. The maximum atomic E-state index is 13.9. The molecular weight excluding hydrogens is 483 g/mol. The molecule has 0 saturated heterocycles. The summed E-state index contributed by atoms with van der Waals surface area (Å²) in [6, 6.07) is 17.7. The molecule has 0 radical (unpaired) electrons. The molecule has 0 aliphatic heterocycles. The lowest BCUT2D eigenvalue weighted by Gasteiger charge is -2.15. The SMILES string of the molecule is Cc1cc(Oc2cnn(-c3cccc(F)c3)c(=O)c2Nc2cccc(C(=O)NC3CC3)c2)ccc1Cl. The number of carbonyl (C=O) groups is 1. The fraction of sp³-hybridized carbons (Fsp3) is 0.148. The Bertz CT molecular complexity index is 1520. The number of amides is 1. The lowest BCUT2D eigenvalue weighted by Crippen LogP contribution is -2.25. The zero-order valence-corrected chi connectivity index (χ0v) is 20.1. The van der Waals surface area contributed by atoms with Crippen LogP contribution in [0.3, 0.4) is 0 Å². The van der Waals surface area contributed by atoms with Crippen molar-refractivity contribution < 1.29 is 13.9 Å². The van der Waals surface area contributed by atoms with Crippen LogP contribution in [0, 0.1) is 12.7 Å². The standard InChI is InChI=1S/C27H22ClFN4O3/c1-16-12-22(10-11-23(16)28)36-24-15-30-33(21-7-3-5-18(29)14-21)27(35)25(24)31-20-6-2-4-17(13-20)26(34)32-19-8-9-19/h2-7,10-15,19,31H,8-9H2,1H3,(H,32,34). The van der Waals surface area contributed by atoms with Crippen molar-refractivity contribution in [2.24, 2.45) is 0 Å². The van der Waals surface area contributed by atoms with Gasteiger partial charge in [0, 0.05) is 22.3 Å². The summed E-state index contributed by atoms with van der Waals surface area (Å²) in [5.74, 6) is -0.0624. The van der Waals surface area contributed by atoms with Gasteiger partial charge in [-0.15, -0.1) is 0 Å². The summed E-state index contributed by atoms with van der Waals surface area (Å²) in [5.41, 5.74) is 1.54. The number of hydrogen-bond donors (Lipinski definition) is 2. The molecule has 5 rings (SSSR count). The highest BCUT2D eigenvalue weighted by molar-refractivity contribution is 6.31. The average Bonchev–Trinajstić information content (AvgIpc) is 3.68. The zero-order valence-electron chi connectivity index (χ0n) is 19.3. The number of hydrogen-bond acceptors (Lipinski definition) is 5. The molecular formula is C27H22ClFN4O3. The minimum absolute atomic E-state index is 0.0709. The summed E-state index contributed by atoms with van der Waals surface area (Å²) in [6.07, 6.45) is 3.33. The van der Waals surface area contributed by atoms with Crippen molar-refractivity contribution in [1.82, 2.24) is 15.1 Å². The first-order valence-corrected chi connectivity index (χ1v) is 11.8. The van der Waals surface area contributed by atoms with E-state index in [2.05, 4.69) is 15.7 Å². The van der Waals surface area contributed by atoms with E-state index in [0.717, 1.165) is 23.1 Å². The number of ether oxygens (including phenoxy) is 1. The fourth-order valence-electron chi connectivity index (χ4n) is 3.61. The van der Waals surface area contributed by atoms with E-state index >= 15 is 0 Å². The number of nitrogens with zero attached hydrogens (tertiary/aromatic N) is 2. The Morgan fingerprint density at radius 3 is 2.67 bits per heavy atom. The van der Waals surface area contributed by atoms with E-state index < -0.39 is 11.4 Å². The number of anilines is 2. The van der Waals surface area contributed by atoms with Gasteiger partial charge in [0.2, 0.25) is 0 Å². The van der Waals surface area contributed by atoms with E-state index in [9.17, 15) is 14.0 Å². The van der Waals surface area contributed by atoms with Gasteiger partial charge >= 0.3 is 0 Å². The van der Waals surface area contributed by atoms with Gasteiger partial charge in [0.1, 0.15) is 11.6 Å². The van der Waals surface area contributed by atoms with E-state index in [0.29, 0.717) is 22.0 Å². The van der Waals surface area contributed by atoms with Crippen LogP contribution in [0.5, 0.6) is 11.5 Å². The third kappa shape index (κ3) is 5.23. The van der Waals surface area contributed by atoms with Crippen molar-refractivity contribution in [1.29, 1.82) is 0 Å². The zero-order chi connectivity index (χ0) is 25.2. The van der Waals surface area contributed by atoms with Crippen LogP contribution in [0.15, 0.2) is 77.7 Å². The molecule has 0 unspecified atom stereocenters. The van der Waals surface area contributed by atoms with E-state index in [1.807, 2.05) is 6.92 Å². The van der Waals surface area contributed by atoms with Gasteiger partial charge in [-0.05, 0) is 79.9 Å². The van der Waals surface area contributed by atoms with Crippen molar-refractivity contribution in [2.45, 2.75) is 25.8 Å². The number of benzene rings is 3. The second kappa shape index (κ2) is 9.83. The molecule has 1 aromatic heterocycles. The summed E-state index contributed by atoms with van der Waals surface area (Å²) in [7, 11) is 0. The molecule has 1 aliphatic carbocycles. The third-order valence-corrected chi connectivity index (χ3v) is 6.08. The number of nitrogens with one attached hydrogen (secondary N) is 2. The largest absolute Gasteiger partial charge is 0.453 e. The van der Waals surface area contributed by atoms with Gasteiger partial charge in [0.25, 0.3) is 11.5 Å². The summed E-state index contributed by atoms with van der Waals surface area (Å²) >= 11 is 6.13. The Labute approximate surface area is 211 Å².